The Kier molecular flexibility index (Phi) is 5.84. The van der Waals surface area contributed by atoms with Crippen LogP contribution in [0.15, 0.2) is 0 Å². The van der Waals surface area contributed by atoms with Crippen molar-refractivity contribution >= 4 is 5.91 Å². The van der Waals surface area contributed by atoms with Gasteiger partial charge in [0.2, 0.25) is 5.91 Å². The summed E-state index contributed by atoms with van der Waals surface area (Å²) in [7, 11) is 0. The number of rotatable bonds is 5. The van der Waals surface area contributed by atoms with E-state index in [1.807, 2.05) is 13.8 Å². The molecule has 66 valence electrons. The molecule has 2 N–H and O–H groups in total. The minimum atomic E-state index is 0.0785. The van der Waals surface area contributed by atoms with Gasteiger partial charge in [0.05, 0.1) is 0 Å². The third kappa shape index (κ3) is 5.85. The number of hydrogen-bond donors (Lipinski definition) is 2. The predicted molar refractivity (Wildman–Crippen MR) is 44.2 cm³/mol. The molecule has 3 heteroatoms. The van der Waals surface area contributed by atoms with E-state index in [0.717, 1.165) is 6.42 Å². The van der Waals surface area contributed by atoms with Gasteiger partial charge in [-0.2, -0.15) is 0 Å². The molecule has 0 bridgehead atoms. The largest absolute Gasteiger partial charge is 0.396 e. The van der Waals surface area contributed by atoms with Gasteiger partial charge in [0.15, 0.2) is 0 Å². The Bertz CT molecular complexity index is 115. The van der Waals surface area contributed by atoms with Gasteiger partial charge in [-0.15, -0.1) is 0 Å². The molecule has 0 aliphatic rings. The van der Waals surface area contributed by atoms with Crippen molar-refractivity contribution in [1.29, 1.82) is 0 Å². The second kappa shape index (κ2) is 6.16. The highest BCUT2D eigenvalue weighted by molar-refractivity contribution is 5.75. The maximum atomic E-state index is 10.7. The Labute approximate surface area is 67.8 Å². The summed E-state index contributed by atoms with van der Waals surface area (Å²) < 4.78 is 0. The van der Waals surface area contributed by atoms with Crippen molar-refractivity contribution in [3.8, 4) is 0 Å². The Hall–Kier alpha value is -0.570. The first-order chi connectivity index (χ1) is 5.20. The van der Waals surface area contributed by atoms with E-state index in [1.165, 1.54) is 0 Å². The lowest BCUT2D eigenvalue weighted by atomic mass is 10.1. The zero-order valence-electron chi connectivity index (χ0n) is 7.26. The predicted octanol–water partition coefficient (Wildman–Crippen LogP) is 0.531. The Balaban J connectivity index is 3.29. The molecular formula is C8H17NO2. The molecule has 0 saturated carbocycles. The summed E-state index contributed by atoms with van der Waals surface area (Å²) in [6.07, 6.45) is 1.29. The molecule has 0 aromatic rings. The van der Waals surface area contributed by atoms with Gasteiger partial charge >= 0.3 is 0 Å². The SMILES string of the molecule is CCC(=O)NCC(C)CCO. The molecule has 0 spiro atoms. The summed E-state index contributed by atoms with van der Waals surface area (Å²) in [6.45, 7) is 4.70. The maximum absolute atomic E-state index is 10.7. The standard InChI is InChI=1S/C8H17NO2/c1-3-8(11)9-6-7(2)4-5-10/h7,10H,3-6H2,1-2H3,(H,9,11). The summed E-state index contributed by atoms with van der Waals surface area (Å²) in [5.41, 5.74) is 0. The second-order valence-electron chi connectivity index (χ2n) is 2.78. The molecule has 0 radical (unpaired) electrons. The van der Waals surface area contributed by atoms with Gasteiger partial charge in [-0.1, -0.05) is 13.8 Å². The fraction of sp³-hybridized carbons (Fsp3) is 0.875. The molecule has 1 amide bonds. The lowest BCUT2D eigenvalue weighted by molar-refractivity contribution is -0.120. The van der Waals surface area contributed by atoms with Crippen LogP contribution in [0.2, 0.25) is 0 Å². The van der Waals surface area contributed by atoms with Gasteiger partial charge in [-0.05, 0) is 12.3 Å². The van der Waals surface area contributed by atoms with E-state index in [2.05, 4.69) is 5.32 Å². The highest BCUT2D eigenvalue weighted by atomic mass is 16.3. The van der Waals surface area contributed by atoms with E-state index in [1.54, 1.807) is 0 Å². The van der Waals surface area contributed by atoms with Crippen molar-refractivity contribution in [2.24, 2.45) is 5.92 Å². The smallest absolute Gasteiger partial charge is 0.219 e. The molecule has 0 aliphatic heterocycles. The Morgan fingerprint density at radius 3 is 2.73 bits per heavy atom. The zero-order chi connectivity index (χ0) is 8.69. The van der Waals surface area contributed by atoms with Crippen LogP contribution in [-0.4, -0.2) is 24.2 Å². The first kappa shape index (κ1) is 10.4. The number of aliphatic hydroxyl groups is 1. The van der Waals surface area contributed by atoms with E-state index < -0.39 is 0 Å². The van der Waals surface area contributed by atoms with Gasteiger partial charge < -0.3 is 10.4 Å². The maximum Gasteiger partial charge on any atom is 0.219 e. The number of carbonyl (C=O) groups is 1. The quantitative estimate of drug-likeness (QED) is 0.614. The van der Waals surface area contributed by atoms with Gasteiger partial charge in [0.25, 0.3) is 0 Å². The lowest BCUT2D eigenvalue weighted by Crippen LogP contribution is -2.27. The third-order valence-corrected chi connectivity index (χ3v) is 1.59. The zero-order valence-corrected chi connectivity index (χ0v) is 7.26. The van der Waals surface area contributed by atoms with Crippen molar-refractivity contribution in [1.82, 2.24) is 5.32 Å². The monoisotopic (exact) mass is 159 g/mol. The molecule has 0 aromatic carbocycles. The van der Waals surface area contributed by atoms with Crippen molar-refractivity contribution < 1.29 is 9.90 Å². The van der Waals surface area contributed by atoms with Crippen LogP contribution in [0.25, 0.3) is 0 Å². The average Bonchev–Trinajstić information content (AvgIpc) is 2.01. The van der Waals surface area contributed by atoms with Crippen molar-refractivity contribution in [3.05, 3.63) is 0 Å². The van der Waals surface area contributed by atoms with E-state index in [0.29, 0.717) is 18.9 Å². The van der Waals surface area contributed by atoms with E-state index in [9.17, 15) is 4.79 Å². The van der Waals surface area contributed by atoms with Crippen LogP contribution in [0.3, 0.4) is 0 Å². The van der Waals surface area contributed by atoms with E-state index in [-0.39, 0.29) is 12.5 Å². The van der Waals surface area contributed by atoms with Crippen LogP contribution < -0.4 is 5.32 Å². The highest BCUT2D eigenvalue weighted by Gasteiger charge is 2.02. The number of hydrogen-bond acceptors (Lipinski definition) is 2. The fourth-order valence-corrected chi connectivity index (χ4v) is 0.736. The molecule has 0 fully saturated rings. The number of nitrogens with one attached hydrogen (secondary N) is 1. The van der Waals surface area contributed by atoms with Gasteiger partial charge in [0.1, 0.15) is 0 Å². The molecule has 0 saturated heterocycles. The van der Waals surface area contributed by atoms with Crippen LogP contribution in [0, 0.1) is 5.92 Å². The number of carbonyl (C=O) groups excluding carboxylic acids is 1. The molecule has 3 nitrogen and oxygen atoms in total. The first-order valence-corrected chi connectivity index (χ1v) is 4.08. The summed E-state index contributed by atoms with van der Waals surface area (Å²) in [5.74, 6) is 0.449. The molecule has 0 heterocycles. The molecule has 0 aliphatic carbocycles. The summed E-state index contributed by atoms with van der Waals surface area (Å²) in [6, 6.07) is 0. The van der Waals surface area contributed by atoms with Crippen LogP contribution in [0.1, 0.15) is 26.7 Å². The normalized spacial score (nSPS) is 12.6. The van der Waals surface area contributed by atoms with E-state index in [4.69, 9.17) is 5.11 Å². The van der Waals surface area contributed by atoms with Crippen molar-refractivity contribution in [2.45, 2.75) is 26.7 Å². The highest BCUT2D eigenvalue weighted by Crippen LogP contribution is 1.97. The lowest BCUT2D eigenvalue weighted by Gasteiger charge is -2.09. The fourth-order valence-electron chi connectivity index (χ4n) is 0.736. The van der Waals surface area contributed by atoms with Crippen molar-refractivity contribution in [2.75, 3.05) is 13.2 Å². The molecule has 11 heavy (non-hydrogen) atoms. The first-order valence-electron chi connectivity index (χ1n) is 4.08. The Morgan fingerprint density at radius 2 is 2.27 bits per heavy atom. The van der Waals surface area contributed by atoms with Crippen LogP contribution in [-0.2, 0) is 4.79 Å². The van der Waals surface area contributed by atoms with Gasteiger partial charge in [0, 0.05) is 19.6 Å². The van der Waals surface area contributed by atoms with Crippen LogP contribution >= 0.6 is 0 Å². The third-order valence-electron chi connectivity index (χ3n) is 1.59. The molecule has 0 aromatic heterocycles. The number of aliphatic hydroxyl groups excluding tert-OH is 1. The topological polar surface area (TPSA) is 49.3 Å². The van der Waals surface area contributed by atoms with Crippen LogP contribution in [0.4, 0.5) is 0 Å². The summed E-state index contributed by atoms with van der Waals surface area (Å²) in [5, 5.41) is 11.3. The van der Waals surface area contributed by atoms with E-state index >= 15 is 0 Å². The van der Waals surface area contributed by atoms with Gasteiger partial charge in [-0.3, -0.25) is 4.79 Å². The molecule has 1 atom stereocenters. The van der Waals surface area contributed by atoms with Crippen molar-refractivity contribution in [3.63, 3.8) is 0 Å². The van der Waals surface area contributed by atoms with Gasteiger partial charge in [-0.25, -0.2) is 0 Å². The molecule has 1 unspecified atom stereocenters. The average molecular weight is 159 g/mol. The summed E-state index contributed by atoms with van der Waals surface area (Å²) in [4.78, 5) is 10.7. The minimum absolute atomic E-state index is 0.0785. The minimum Gasteiger partial charge on any atom is -0.396 e. The number of amides is 1. The van der Waals surface area contributed by atoms with Crippen LogP contribution in [0.5, 0.6) is 0 Å². The second-order valence-corrected chi connectivity index (χ2v) is 2.78. The Morgan fingerprint density at radius 1 is 1.64 bits per heavy atom. The summed E-state index contributed by atoms with van der Waals surface area (Å²) >= 11 is 0. The molecule has 0 rings (SSSR count). The molecular weight excluding hydrogens is 142 g/mol.